The molecule has 1 N–H and O–H groups in total. The minimum absolute atomic E-state index is 0.113. The molecule has 1 rings (SSSR count). The van der Waals surface area contributed by atoms with E-state index in [0.29, 0.717) is 23.8 Å². The highest BCUT2D eigenvalue weighted by atomic mass is 32.2. The standard InChI is InChI=1S/C13H21NO3S/c1-5-8-18(15,16)14-12-7-6-11(10(2)3)9-13(12)17-4/h6-7,9-10,14H,5,8H2,1-4H3. The Hall–Kier alpha value is -1.23. The third kappa shape index (κ3) is 3.91. The van der Waals surface area contributed by atoms with Crippen LogP contribution in [-0.4, -0.2) is 21.3 Å². The minimum atomic E-state index is -3.28. The molecule has 0 atom stereocenters. The molecule has 0 aromatic heterocycles. The van der Waals surface area contributed by atoms with Crippen LogP contribution in [0.15, 0.2) is 18.2 Å². The van der Waals surface area contributed by atoms with Gasteiger partial charge in [-0.2, -0.15) is 0 Å². The van der Waals surface area contributed by atoms with Crippen molar-refractivity contribution >= 4 is 15.7 Å². The molecule has 1 aromatic rings. The first-order chi connectivity index (χ1) is 8.39. The van der Waals surface area contributed by atoms with Crippen LogP contribution in [0, 0.1) is 0 Å². The van der Waals surface area contributed by atoms with Gasteiger partial charge in [-0.1, -0.05) is 26.8 Å². The van der Waals surface area contributed by atoms with Crippen molar-refractivity contribution in [2.24, 2.45) is 0 Å². The van der Waals surface area contributed by atoms with Gasteiger partial charge in [-0.3, -0.25) is 4.72 Å². The van der Waals surface area contributed by atoms with Gasteiger partial charge in [0.2, 0.25) is 10.0 Å². The third-order valence-electron chi connectivity index (χ3n) is 2.63. The van der Waals surface area contributed by atoms with Gasteiger partial charge in [0.05, 0.1) is 18.6 Å². The van der Waals surface area contributed by atoms with E-state index in [1.54, 1.807) is 6.07 Å². The molecule has 1 aromatic carbocycles. The predicted molar refractivity (Wildman–Crippen MR) is 74.8 cm³/mol. The topological polar surface area (TPSA) is 55.4 Å². The molecule has 0 unspecified atom stereocenters. The normalized spacial score (nSPS) is 11.6. The molecule has 0 aliphatic carbocycles. The van der Waals surface area contributed by atoms with Crippen LogP contribution in [0.25, 0.3) is 0 Å². The largest absolute Gasteiger partial charge is 0.495 e. The molecule has 0 saturated heterocycles. The lowest BCUT2D eigenvalue weighted by atomic mass is 10.0. The molecule has 0 bridgehead atoms. The monoisotopic (exact) mass is 271 g/mol. The fourth-order valence-corrected chi connectivity index (χ4v) is 2.78. The van der Waals surface area contributed by atoms with Crippen molar-refractivity contribution < 1.29 is 13.2 Å². The molecular formula is C13H21NO3S. The Morgan fingerprint density at radius 2 is 2.00 bits per heavy atom. The summed E-state index contributed by atoms with van der Waals surface area (Å²) < 4.78 is 31.2. The second-order valence-corrected chi connectivity index (χ2v) is 6.38. The first-order valence-corrected chi connectivity index (χ1v) is 7.73. The van der Waals surface area contributed by atoms with E-state index in [0.717, 1.165) is 5.56 Å². The van der Waals surface area contributed by atoms with Crippen LogP contribution in [0.2, 0.25) is 0 Å². The van der Waals surface area contributed by atoms with E-state index in [2.05, 4.69) is 18.6 Å². The van der Waals surface area contributed by atoms with Crippen molar-refractivity contribution in [1.82, 2.24) is 0 Å². The van der Waals surface area contributed by atoms with Crippen LogP contribution in [0.4, 0.5) is 5.69 Å². The zero-order valence-corrected chi connectivity index (χ0v) is 12.2. The molecule has 0 aliphatic heterocycles. The number of hydrogen-bond acceptors (Lipinski definition) is 3. The Labute approximate surface area is 109 Å². The predicted octanol–water partition coefficient (Wildman–Crippen LogP) is 2.97. The Balaban J connectivity index is 3.03. The zero-order chi connectivity index (χ0) is 13.8. The molecule has 0 spiro atoms. The number of sulfonamides is 1. The molecule has 0 saturated carbocycles. The molecular weight excluding hydrogens is 250 g/mol. The lowest BCUT2D eigenvalue weighted by Gasteiger charge is -2.14. The van der Waals surface area contributed by atoms with E-state index in [1.165, 1.54) is 7.11 Å². The number of nitrogens with one attached hydrogen (secondary N) is 1. The molecule has 0 amide bonds. The summed E-state index contributed by atoms with van der Waals surface area (Å²) in [5, 5.41) is 0. The van der Waals surface area contributed by atoms with Crippen LogP contribution < -0.4 is 9.46 Å². The zero-order valence-electron chi connectivity index (χ0n) is 11.4. The van der Waals surface area contributed by atoms with Gasteiger partial charge in [0, 0.05) is 0 Å². The lowest BCUT2D eigenvalue weighted by Crippen LogP contribution is -2.16. The van der Waals surface area contributed by atoms with Crippen molar-refractivity contribution in [3.05, 3.63) is 23.8 Å². The quantitative estimate of drug-likeness (QED) is 0.865. The van der Waals surface area contributed by atoms with Crippen molar-refractivity contribution in [3.63, 3.8) is 0 Å². The van der Waals surface area contributed by atoms with E-state index < -0.39 is 10.0 Å². The van der Waals surface area contributed by atoms with E-state index >= 15 is 0 Å². The molecule has 0 fully saturated rings. The van der Waals surface area contributed by atoms with Crippen molar-refractivity contribution in [3.8, 4) is 5.75 Å². The van der Waals surface area contributed by atoms with Crippen molar-refractivity contribution in [1.29, 1.82) is 0 Å². The number of rotatable bonds is 6. The van der Waals surface area contributed by atoms with Gasteiger partial charge >= 0.3 is 0 Å². The maximum absolute atomic E-state index is 11.7. The average Bonchev–Trinajstić information content (AvgIpc) is 2.28. The van der Waals surface area contributed by atoms with E-state index in [9.17, 15) is 8.42 Å². The third-order valence-corrected chi connectivity index (χ3v) is 4.11. The number of hydrogen-bond donors (Lipinski definition) is 1. The number of benzene rings is 1. The molecule has 4 nitrogen and oxygen atoms in total. The van der Waals surface area contributed by atoms with Gasteiger partial charge in [0.15, 0.2) is 0 Å². The second-order valence-electron chi connectivity index (χ2n) is 4.54. The summed E-state index contributed by atoms with van der Waals surface area (Å²) in [6.45, 7) is 5.99. The molecule has 5 heteroatoms. The Bertz CT molecular complexity index is 495. The maximum Gasteiger partial charge on any atom is 0.232 e. The summed E-state index contributed by atoms with van der Waals surface area (Å²) in [7, 11) is -1.74. The van der Waals surface area contributed by atoms with Gasteiger partial charge in [0.25, 0.3) is 0 Å². The summed E-state index contributed by atoms with van der Waals surface area (Å²) in [6.07, 6.45) is 0.585. The van der Waals surface area contributed by atoms with Crippen molar-refractivity contribution in [2.45, 2.75) is 33.1 Å². The smallest absolute Gasteiger partial charge is 0.232 e. The Kier molecular flexibility index (Phi) is 5.02. The highest BCUT2D eigenvalue weighted by molar-refractivity contribution is 7.92. The van der Waals surface area contributed by atoms with E-state index in [1.807, 2.05) is 19.1 Å². The molecule has 0 heterocycles. The van der Waals surface area contributed by atoms with Crippen molar-refractivity contribution in [2.75, 3.05) is 17.6 Å². The van der Waals surface area contributed by atoms with Gasteiger partial charge in [0.1, 0.15) is 5.75 Å². The van der Waals surface area contributed by atoms with Gasteiger partial charge < -0.3 is 4.74 Å². The fourth-order valence-electron chi connectivity index (χ4n) is 1.64. The first kappa shape index (κ1) is 14.8. The highest BCUT2D eigenvalue weighted by Crippen LogP contribution is 2.29. The van der Waals surface area contributed by atoms with Crippen LogP contribution in [0.5, 0.6) is 5.75 Å². The van der Waals surface area contributed by atoms with Gasteiger partial charge in [-0.25, -0.2) is 8.42 Å². The second kappa shape index (κ2) is 6.09. The summed E-state index contributed by atoms with van der Waals surface area (Å²) in [4.78, 5) is 0. The lowest BCUT2D eigenvalue weighted by molar-refractivity contribution is 0.416. The number of ether oxygens (including phenoxy) is 1. The Morgan fingerprint density at radius 3 is 2.50 bits per heavy atom. The fraction of sp³-hybridized carbons (Fsp3) is 0.538. The summed E-state index contributed by atoms with van der Waals surface area (Å²) in [5.74, 6) is 1.04. The van der Waals surface area contributed by atoms with Crippen LogP contribution in [0.1, 0.15) is 38.7 Å². The molecule has 102 valence electrons. The summed E-state index contributed by atoms with van der Waals surface area (Å²) in [6, 6.07) is 5.53. The van der Waals surface area contributed by atoms with E-state index in [4.69, 9.17) is 4.74 Å². The average molecular weight is 271 g/mol. The molecule has 18 heavy (non-hydrogen) atoms. The first-order valence-electron chi connectivity index (χ1n) is 6.08. The summed E-state index contributed by atoms with van der Waals surface area (Å²) >= 11 is 0. The van der Waals surface area contributed by atoms with Gasteiger partial charge in [-0.15, -0.1) is 0 Å². The van der Waals surface area contributed by atoms with Crippen LogP contribution >= 0.6 is 0 Å². The number of anilines is 1. The van der Waals surface area contributed by atoms with Crippen LogP contribution in [-0.2, 0) is 10.0 Å². The Morgan fingerprint density at radius 1 is 1.33 bits per heavy atom. The van der Waals surface area contributed by atoms with Gasteiger partial charge in [-0.05, 0) is 30.0 Å². The SMILES string of the molecule is CCCS(=O)(=O)Nc1ccc(C(C)C)cc1OC. The number of methoxy groups -OCH3 is 1. The molecule has 0 aliphatic rings. The maximum atomic E-state index is 11.7. The van der Waals surface area contributed by atoms with E-state index in [-0.39, 0.29) is 5.75 Å². The van der Waals surface area contributed by atoms with Crippen LogP contribution in [0.3, 0.4) is 0 Å². The summed E-state index contributed by atoms with van der Waals surface area (Å²) in [5.41, 5.74) is 1.61. The highest BCUT2D eigenvalue weighted by Gasteiger charge is 2.13. The minimum Gasteiger partial charge on any atom is -0.495 e. The molecule has 0 radical (unpaired) electrons.